The largest absolute Gasteiger partial charge is 0.352 e. The lowest BCUT2D eigenvalue weighted by Crippen LogP contribution is -2.49. The Morgan fingerprint density at radius 3 is 2.25 bits per heavy atom. The van der Waals surface area contributed by atoms with Gasteiger partial charge in [-0.2, -0.15) is 0 Å². The van der Waals surface area contributed by atoms with E-state index in [1.807, 2.05) is 13.8 Å². The molecule has 1 rings (SSSR count). The Morgan fingerprint density at radius 2 is 1.81 bits per heavy atom. The van der Waals surface area contributed by atoms with Crippen molar-refractivity contribution in [3.05, 3.63) is 0 Å². The summed E-state index contributed by atoms with van der Waals surface area (Å²) in [6.45, 7) is 3.77. The van der Waals surface area contributed by atoms with Crippen LogP contribution in [0.1, 0.15) is 26.7 Å². The lowest BCUT2D eigenvalue weighted by molar-refractivity contribution is -0.124. The molecular weight excluding hydrogens is 228 g/mol. The van der Waals surface area contributed by atoms with Crippen LogP contribution >= 0.6 is 0 Å². The number of nitrogens with two attached hydrogens (primary N) is 1. The van der Waals surface area contributed by atoms with E-state index in [0.717, 1.165) is 0 Å². The third-order valence-corrected chi connectivity index (χ3v) is 4.64. The molecule has 94 valence electrons. The Balaban J connectivity index is 2.42. The van der Waals surface area contributed by atoms with Gasteiger partial charge in [-0.25, -0.2) is 8.42 Å². The first-order chi connectivity index (χ1) is 7.32. The molecular formula is C10H20N2O3S. The molecule has 1 heterocycles. The summed E-state index contributed by atoms with van der Waals surface area (Å²) in [6.07, 6.45) is 0.998. The van der Waals surface area contributed by atoms with Crippen LogP contribution in [0.5, 0.6) is 0 Å². The summed E-state index contributed by atoms with van der Waals surface area (Å²) in [5, 5.41) is 2.81. The fourth-order valence-electron chi connectivity index (χ4n) is 1.63. The monoisotopic (exact) mass is 248 g/mol. The van der Waals surface area contributed by atoms with Crippen LogP contribution in [0.15, 0.2) is 0 Å². The van der Waals surface area contributed by atoms with Crippen LogP contribution in [0, 0.1) is 5.92 Å². The Morgan fingerprint density at radius 1 is 1.31 bits per heavy atom. The number of sulfone groups is 1. The third-order valence-electron chi connectivity index (χ3n) is 2.92. The van der Waals surface area contributed by atoms with Crippen LogP contribution < -0.4 is 11.1 Å². The topological polar surface area (TPSA) is 89.3 Å². The maximum absolute atomic E-state index is 11.6. The van der Waals surface area contributed by atoms with E-state index in [1.54, 1.807) is 0 Å². The highest BCUT2D eigenvalue weighted by Crippen LogP contribution is 2.12. The van der Waals surface area contributed by atoms with Crippen LogP contribution in [-0.4, -0.2) is 37.9 Å². The lowest BCUT2D eigenvalue weighted by Gasteiger charge is -2.25. The average molecular weight is 248 g/mol. The summed E-state index contributed by atoms with van der Waals surface area (Å²) in [6, 6.07) is -0.556. The van der Waals surface area contributed by atoms with Gasteiger partial charge in [0.25, 0.3) is 0 Å². The highest BCUT2D eigenvalue weighted by atomic mass is 32.2. The first-order valence-electron chi connectivity index (χ1n) is 5.58. The van der Waals surface area contributed by atoms with E-state index < -0.39 is 15.9 Å². The van der Waals surface area contributed by atoms with Gasteiger partial charge in [-0.1, -0.05) is 13.8 Å². The fourth-order valence-corrected chi connectivity index (χ4v) is 3.13. The molecule has 16 heavy (non-hydrogen) atoms. The van der Waals surface area contributed by atoms with E-state index in [0.29, 0.717) is 12.8 Å². The molecule has 6 heteroatoms. The van der Waals surface area contributed by atoms with Crippen molar-refractivity contribution in [2.24, 2.45) is 11.7 Å². The van der Waals surface area contributed by atoms with Gasteiger partial charge in [0.15, 0.2) is 0 Å². The average Bonchev–Trinajstić information content (AvgIpc) is 2.19. The van der Waals surface area contributed by atoms with Crippen LogP contribution in [0.4, 0.5) is 0 Å². The summed E-state index contributed by atoms with van der Waals surface area (Å²) in [5.74, 6) is 0.232. The Labute approximate surface area is 96.7 Å². The van der Waals surface area contributed by atoms with Crippen molar-refractivity contribution in [3.8, 4) is 0 Å². The van der Waals surface area contributed by atoms with Crippen molar-refractivity contribution < 1.29 is 13.2 Å². The number of carbonyl (C=O) groups excluding carboxylic acids is 1. The SMILES string of the molecule is CC(C)[C@@H](N)C(=O)NC1CCS(=O)(=O)CC1. The predicted molar refractivity (Wildman–Crippen MR) is 62.6 cm³/mol. The normalized spacial score (nSPS) is 23.0. The number of carbonyl (C=O) groups is 1. The van der Waals surface area contributed by atoms with Crippen molar-refractivity contribution in [2.75, 3.05) is 11.5 Å². The van der Waals surface area contributed by atoms with Gasteiger partial charge >= 0.3 is 0 Å². The summed E-state index contributed by atoms with van der Waals surface area (Å²) >= 11 is 0. The second kappa shape index (κ2) is 5.14. The molecule has 1 aliphatic rings. The molecule has 3 N–H and O–H groups in total. The molecule has 0 unspecified atom stereocenters. The second-order valence-corrected chi connectivity index (χ2v) is 7.01. The van der Waals surface area contributed by atoms with Gasteiger partial charge in [0.1, 0.15) is 9.84 Å². The Hall–Kier alpha value is -0.620. The fraction of sp³-hybridized carbons (Fsp3) is 0.900. The molecule has 0 aromatic heterocycles. The molecule has 0 aliphatic carbocycles. The first kappa shape index (κ1) is 13.4. The van der Waals surface area contributed by atoms with Crippen LogP contribution in [-0.2, 0) is 14.6 Å². The van der Waals surface area contributed by atoms with Gasteiger partial charge in [-0.05, 0) is 18.8 Å². The highest BCUT2D eigenvalue weighted by Gasteiger charge is 2.26. The zero-order valence-electron chi connectivity index (χ0n) is 9.77. The van der Waals surface area contributed by atoms with Gasteiger partial charge in [-0.3, -0.25) is 4.79 Å². The maximum atomic E-state index is 11.6. The van der Waals surface area contributed by atoms with Crippen molar-refractivity contribution in [1.29, 1.82) is 0 Å². The predicted octanol–water partition coefficient (Wildman–Crippen LogP) is -0.337. The highest BCUT2D eigenvalue weighted by molar-refractivity contribution is 7.91. The molecule has 1 atom stereocenters. The van der Waals surface area contributed by atoms with Gasteiger partial charge in [0, 0.05) is 6.04 Å². The smallest absolute Gasteiger partial charge is 0.237 e. The summed E-state index contributed by atoms with van der Waals surface area (Å²) in [5.41, 5.74) is 5.70. The number of hydrogen-bond donors (Lipinski definition) is 2. The van der Waals surface area contributed by atoms with E-state index in [4.69, 9.17) is 5.73 Å². The Bertz CT molecular complexity index is 337. The zero-order valence-corrected chi connectivity index (χ0v) is 10.6. The maximum Gasteiger partial charge on any atom is 0.237 e. The number of hydrogen-bond acceptors (Lipinski definition) is 4. The lowest BCUT2D eigenvalue weighted by atomic mass is 10.0. The van der Waals surface area contributed by atoms with E-state index in [1.165, 1.54) is 0 Å². The molecule has 5 nitrogen and oxygen atoms in total. The van der Waals surface area contributed by atoms with Crippen LogP contribution in [0.2, 0.25) is 0 Å². The molecule has 0 aromatic rings. The van der Waals surface area contributed by atoms with Crippen LogP contribution in [0.3, 0.4) is 0 Å². The van der Waals surface area contributed by atoms with E-state index in [2.05, 4.69) is 5.32 Å². The molecule has 1 fully saturated rings. The van der Waals surface area contributed by atoms with Gasteiger partial charge < -0.3 is 11.1 Å². The van der Waals surface area contributed by atoms with Gasteiger partial charge in [0.2, 0.25) is 5.91 Å². The first-order valence-corrected chi connectivity index (χ1v) is 7.40. The van der Waals surface area contributed by atoms with E-state index >= 15 is 0 Å². The summed E-state index contributed by atoms with van der Waals surface area (Å²) in [4.78, 5) is 11.6. The Kier molecular flexibility index (Phi) is 4.32. The van der Waals surface area contributed by atoms with Gasteiger partial charge in [-0.15, -0.1) is 0 Å². The van der Waals surface area contributed by atoms with Crippen molar-refractivity contribution in [1.82, 2.24) is 5.32 Å². The third kappa shape index (κ3) is 3.75. The summed E-state index contributed by atoms with van der Waals surface area (Å²) in [7, 11) is -2.87. The van der Waals surface area contributed by atoms with Gasteiger partial charge in [0.05, 0.1) is 17.5 Å². The molecule has 0 radical (unpaired) electrons. The second-order valence-electron chi connectivity index (χ2n) is 4.70. The quantitative estimate of drug-likeness (QED) is 0.715. The summed E-state index contributed by atoms with van der Waals surface area (Å²) < 4.78 is 22.4. The molecule has 1 aliphatic heterocycles. The van der Waals surface area contributed by atoms with Crippen molar-refractivity contribution in [2.45, 2.75) is 38.8 Å². The number of nitrogens with one attached hydrogen (secondary N) is 1. The molecule has 1 amide bonds. The van der Waals surface area contributed by atoms with E-state index in [9.17, 15) is 13.2 Å². The van der Waals surface area contributed by atoms with Crippen LogP contribution in [0.25, 0.3) is 0 Å². The number of rotatable bonds is 3. The minimum absolute atomic E-state index is 0.0409. The molecule has 0 aromatic carbocycles. The standard InChI is InChI=1S/C10H20N2O3S/c1-7(2)9(11)10(13)12-8-3-5-16(14,15)6-4-8/h7-9H,3-6,11H2,1-2H3,(H,12,13)/t9-/m1/s1. The molecule has 1 saturated heterocycles. The zero-order chi connectivity index (χ0) is 12.3. The minimum Gasteiger partial charge on any atom is -0.352 e. The molecule has 0 bridgehead atoms. The van der Waals surface area contributed by atoms with Crippen molar-refractivity contribution >= 4 is 15.7 Å². The number of amides is 1. The van der Waals surface area contributed by atoms with E-state index in [-0.39, 0.29) is 29.4 Å². The minimum atomic E-state index is -2.87. The molecule has 0 spiro atoms. The molecule has 0 saturated carbocycles. The van der Waals surface area contributed by atoms with Crippen molar-refractivity contribution in [3.63, 3.8) is 0 Å².